The molecule has 0 spiro atoms. The molecule has 0 aliphatic carbocycles. The summed E-state index contributed by atoms with van der Waals surface area (Å²) in [5.41, 5.74) is 2.75. The minimum atomic E-state index is -0.0765. The van der Waals surface area contributed by atoms with Gasteiger partial charge in [0.2, 0.25) is 5.91 Å². The van der Waals surface area contributed by atoms with Crippen LogP contribution in [0.25, 0.3) is 11.0 Å². The monoisotopic (exact) mass is 285 g/mol. The number of nitrogens with zero attached hydrogens (tertiary/aromatic N) is 2. The van der Waals surface area contributed by atoms with Gasteiger partial charge in [-0.25, -0.2) is 4.98 Å². The van der Waals surface area contributed by atoms with E-state index in [1.54, 1.807) is 6.92 Å². The first-order valence-corrected chi connectivity index (χ1v) is 7.40. The average Bonchev–Trinajstić information content (AvgIpc) is 2.81. The van der Waals surface area contributed by atoms with E-state index < -0.39 is 0 Å². The molecule has 0 saturated heterocycles. The Balaban J connectivity index is 2.06. The van der Waals surface area contributed by atoms with Crippen molar-refractivity contribution in [3.05, 3.63) is 42.2 Å². The highest BCUT2D eigenvalue weighted by molar-refractivity contribution is 5.92. The molecule has 1 heterocycles. The van der Waals surface area contributed by atoms with Crippen LogP contribution < -0.4 is 5.32 Å². The second kappa shape index (κ2) is 6.57. The Kier molecular flexibility index (Phi) is 4.78. The number of rotatable bonds is 6. The van der Waals surface area contributed by atoms with Crippen molar-refractivity contribution in [1.29, 1.82) is 0 Å². The number of aryl methyl sites for hydroxylation is 1. The van der Waals surface area contributed by atoms with Crippen molar-refractivity contribution in [3.8, 4) is 0 Å². The summed E-state index contributed by atoms with van der Waals surface area (Å²) in [6, 6.07) is 8.57. The lowest BCUT2D eigenvalue weighted by Crippen LogP contribution is -2.25. The zero-order valence-electron chi connectivity index (χ0n) is 13.0. The Hall–Kier alpha value is -2.10. The third-order valence-corrected chi connectivity index (χ3v) is 3.44. The van der Waals surface area contributed by atoms with Gasteiger partial charge in [-0.3, -0.25) is 4.79 Å². The van der Waals surface area contributed by atoms with Crippen LogP contribution in [0.5, 0.6) is 0 Å². The summed E-state index contributed by atoms with van der Waals surface area (Å²) >= 11 is 0. The second-order valence-corrected chi connectivity index (χ2v) is 5.62. The maximum atomic E-state index is 11.4. The van der Waals surface area contributed by atoms with Gasteiger partial charge in [0.15, 0.2) is 0 Å². The predicted molar refractivity (Wildman–Crippen MR) is 86.3 cm³/mol. The normalized spacial score (nSPS) is 11.0. The molecule has 0 aliphatic rings. The van der Waals surface area contributed by atoms with Crippen LogP contribution in [0.2, 0.25) is 0 Å². The molecule has 4 nitrogen and oxygen atoms in total. The lowest BCUT2D eigenvalue weighted by atomic mass is 10.2. The molecule has 1 aromatic heterocycles. The number of hydrogen-bond donors (Lipinski definition) is 1. The van der Waals surface area contributed by atoms with Crippen molar-refractivity contribution in [1.82, 2.24) is 14.9 Å². The lowest BCUT2D eigenvalue weighted by Gasteiger charge is -2.13. The maximum absolute atomic E-state index is 11.4. The molecule has 2 rings (SSSR count). The number of aromatic nitrogens is 2. The van der Waals surface area contributed by atoms with E-state index in [-0.39, 0.29) is 5.91 Å². The molecule has 2 aromatic rings. The molecular formula is C17H23N3O. The second-order valence-electron chi connectivity index (χ2n) is 5.62. The van der Waals surface area contributed by atoms with Crippen molar-refractivity contribution in [2.45, 2.75) is 39.7 Å². The van der Waals surface area contributed by atoms with Crippen LogP contribution in [0.1, 0.15) is 39.1 Å². The van der Waals surface area contributed by atoms with Gasteiger partial charge in [0.05, 0.1) is 11.0 Å². The van der Waals surface area contributed by atoms with E-state index in [9.17, 15) is 4.79 Å². The number of amides is 1. The minimum Gasteiger partial charge on any atom is -0.352 e. The number of hydrogen-bond acceptors (Lipinski definition) is 2. The largest absolute Gasteiger partial charge is 0.352 e. The zero-order chi connectivity index (χ0) is 15.4. The van der Waals surface area contributed by atoms with Gasteiger partial charge >= 0.3 is 0 Å². The Morgan fingerprint density at radius 3 is 2.76 bits per heavy atom. The summed E-state index contributed by atoms with van der Waals surface area (Å²) in [4.78, 5) is 16.2. The highest BCUT2D eigenvalue weighted by Gasteiger charge is 2.12. The summed E-state index contributed by atoms with van der Waals surface area (Å²) in [6.07, 6.45) is 1.72. The third-order valence-electron chi connectivity index (χ3n) is 3.44. The fourth-order valence-corrected chi connectivity index (χ4v) is 2.45. The SMILES string of the molecule is C=C(C)C(=O)NCCCc1nc2ccccc2n1C(C)C. The van der Waals surface area contributed by atoms with E-state index in [1.807, 2.05) is 18.2 Å². The van der Waals surface area contributed by atoms with Crippen LogP contribution in [-0.2, 0) is 11.2 Å². The Morgan fingerprint density at radius 2 is 2.10 bits per heavy atom. The Labute approximate surface area is 125 Å². The van der Waals surface area contributed by atoms with Crippen LogP contribution in [0, 0.1) is 0 Å². The van der Waals surface area contributed by atoms with Gasteiger partial charge in [-0.15, -0.1) is 0 Å². The molecule has 0 atom stereocenters. The number of nitrogens with one attached hydrogen (secondary N) is 1. The van der Waals surface area contributed by atoms with Crippen molar-refractivity contribution >= 4 is 16.9 Å². The summed E-state index contributed by atoms with van der Waals surface area (Å²) in [7, 11) is 0. The number of benzene rings is 1. The fourth-order valence-electron chi connectivity index (χ4n) is 2.45. The quantitative estimate of drug-likeness (QED) is 0.654. The molecule has 0 saturated carbocycles. The van der Waals surface area contributed by atoms with E-state index in [1.165, 1.54) is 5.52 Å². The maximum Gasteiger partial charge on any atom is 0.246 e. The fraction of sp³-hybridized carbons (Fsp3) is 0.412. The molecular weight excluding hydrogens is 262 g/mol. The van der Waals surface area contributed by atoms with Gasteiger partial charge in [0.1, 0.15) is 5.82 Å². The Morgan fingerprint density at radius 1 is 1.38 bits per heavy atom. The number of para-hydroxylation sites is 2. The number of carbonyl (C=O) groups excluding carboxylic acids is 1. The van der Waals surface area contributed by atoms with Gasteiger partial charge in [-0.05, 0) is 39.3 Å². The van der Waals surface area contributed by atoms with Crippen molar-refractivity contribution in [3.63, 3.8) is 0 Å². The molecule has 0 fully saturated rings. The first kappa shape index (κ1) is 15.3. The van der Waals surface area contributed by atoms with E-state index in [2.05, 4.69) is 36.4 Å². The highest BCUT2D eigenvalue weighted by atomic mass is 16.1. The summed E-state index contributed by atoms with van der Waals surface area (Å²) < 4.78 is 2.27. The molecule has 1 amide bonds. The lowest BCUT2D eigenvalue weighted by molar-refractivity contribution is -0.117. The number of imidazole rings is 1. The average molecular weight is 285 g/mol. The topological polar surface area (TPSA) is 46.9 Å². The van der Waals surface area contributed by atoms with Crippen LogP contribution in [0.3, 0.4) is 0 Å². The van der Waals surface area contributed by atoms with Gasteiger partial charge in [0.25, 0.3) is 0 Å². The first-order chi connectivity index (χ1) is 10.0. The molecule has 112 valence electrons. The van der Waals surface area contributed by atoms with E-state index in [0.717, 1.165) is 24.2 Å². The molecule has 0 aliphatic heterocycles. The predicted octanol–water partition coefficient (Wildman–Crippen LogP) is 3.24. The molecule has 0 unspecified atom stereocenters. The van der Waals surface area contributed by atoms with Gasteiger partial charge in [-0.1, -0.05) is 18.7 Å². The smallest absolute Gasteiger partial charge is 0.246 e. The van der Waals surface area contributed by atoms with Crippen LogP contribution in [-0.4, -0.2) is 22.0 Å². The van der Waals surface area contributed by atoms with Crippen molar-refractivity contribution in [2.24, 2.45) is 0 Å². The van der Waals surface area contributed by atoms with Gasteiger partial charge in [0, 0.05) is 24.6 Å². The van der Waals surface area contributed by atoms with E-state index >= 15 is 0 Å². The molecule has 21 heavy (non-hydrogen) atoms. The molecule has 4 heteroatoms. The standard InChI is InChI=1S/C17H23N3O/c1-12(2)17(21)18-11-7-10-16-19-14-8-5-6-9-15(14)20(16)13(3)4/h5-6,8-9,13H,1,7,10-11H2,2-4H3,(H,18,21). The summed E-state index contributed by atoms with van der Waals surface area (Å²) in [5, 5.41) is 2.86. The van der Waals surface area contributed by atoms with Crippen LogP contribution in [0.4, 0.5) is 0 Å². The zero-order valence-corrected chi connectivity index (χ0v) is 13.0. The highest BCUT2D eigenvalue weighted by Crippen LogP contribution is 2.21. The summed E-state index contributed by atoms with van der Waals surface area (Å²) in [5.74, 6) is 1.00. The van der Waals surface area contributed by atoms with Crippen LogP contribution >= 0.6 is 0 Å². The van der Waals surface area contributed by atoms with Crippen molar-refractivity contribution < 1.29 is 4.79 Å². The van der Waals surface area contributed by atoms with E-state index in [4.69, 9.17) is 4.98 Å². The third kappa shape index (κ3) is 3.51. The Bertz CT molecular complexity index is 655. The van der Waals surface area contributed by atoms with Crippen molar-refractivity contribution in [2.75, 3.05) is 6.54 Å². The minimum absolute atomic E-state index is 0.0765. The number of fused-ring (bicyclic) bond motifs is 1. The number of carbonyl (C=O) groups is 1. The molecule has 1 aromatic carbocycles. The van der Waals surface area contributed by atoms with E-state index in [0.29, 0.717) is 18.2 Å². The molecule has 0 radical (unpaired) electrons. The molecule has 0 bridgehead atoms. The first-order valence-electron chi connectivity index (χ1n) is 7.40. The van der Waals surface area contributed by atoms with Gasteiger partial charge < -0.3 is 9.88 Å². The molecule has 1 N–H and O–H groups in total. The summed E-state index contributed by atoms with van der Waals surface area (Å²) in [6.45, 7) is 10.3. The van der Waals surface area contributed by atoms with Crippen LogP contribution in [0.15, 0.2) is 36.4 Å². The van der Waals surface area contributed by atoms with Gasteiger partial charge in [-0.2, -0.15) is 0 Å².